The minimum atomic E-state index is -0.223. The van der Waals surface area contributed by atoms with Crippen molar-refractivity contribution in [3.05, 3.63) is 30.1 Å². The summed E-state index contributed by atoms with van der Waals surface area (Å²) in [6.45, 7) is 4.15. The predicted octanol–water partition coefficient (Wildman–Crippen LogP) is 3.72. The van der Waals surface area contributed by atoms with Crippen molar-refractivity contribution in [3.8, 4) is 0 Å². The number of benzene rings is 1. The van der Waals surface area contributed by atoms with Crippen molar-refractivity contribution >= 4 is 33.7 Å². The summed E-state index contributed by atoms with van der Waals surface area (Å²) in [7, 11) is 0. The second-order valence-electron chi connectivity index (χ2n) is 7.77. The summed E-state index contributed by atoms with van der Waals surface area (Å²) in [5.41, 5.74) is 6.38. The molecule has 25 heavy (non-hydrogen) atoms. The molecular weight excluding hydrogens is 314 g/mol. The van der Waals surface area contributed by atoms with Crippen molar-refractivity contribution in [1.82, 2.24) is 20.0 Å². The average molecular weight is 335 g/mol. The number of aromatic amines is 1. The van der Waals surface area contributed by atoms with Gasteiger partial charge in [0.05, 0.1) is 16.4 Å². The molecule has 1 aliphatic carbocycles. The van der Waals surface area contributed by atoms with E-state index in [4.69, 9.17) is 0 Å². The maximum atomic E-state index is 12.3. The first-order valence-corrected chi connectivity index (χ1v) is 8.89. The van der Waals surface area contributed by atoms with Crippen LogP contribution in [0.3, 0.4) is 0 Å². The fourth-order valence-electron chi connectivity index (χ4n) is 3.88. The molecule has 2 fully saturated rings. The van der Waals surface area contributed by atoms with E-state index in [0.29, 0.717) is 18.2 Å². The Hall–Kier alpha value is -2.63. The number of amides is 1. The number of carbonyl (C=O) groups is 1. The van der Waals surface area contributed by atoms with Crippen molar-refractivity contribution in [2.75, 3.05) is 5.43 Å². The van der Waals surface area contributed by atoms with Gasteiger partial charge in [-0.1, -0.05) is 18.2 Å². The number of carbonyl (C=O) groups excluding carboxylic acids is 1. The molecule has 1 amide bonds. The summed E-state index contributed by atoms with van der Waals surface area (Å²) in [4.78, 5) is 24.6. The van der Waals surface area contributed by atoms with Crippen molar-refractivity contribution in [2.24, 2.45) is 0 Å². The standard InChI is InChI=1S/C19H21N5O/c1-19(2)9-8-14(25)24(19)23-18-15-13-5-3-4-12(11-6-7-11)16(13)22-17(15)20-10-21-18/h3-5,10-11H,6-9H2,1-2H3,(H2,20,21,22,23). The molecule has 2 aliphatic rings. The van der Waals surface area contributed by atoms with Crippen LogP contribution in [0.4, 0.5) is 5.82 Å². The third-order valence-corrected chi connectivity index (χ3v) is 5.50. The molecule has 2 N–H and O–H groups in total. The van der Waals surface area contributed by atoms with Crippen LogP contribution < -0.4 is 5.43 Å². The van der Waals surface area contributed by atoms with Gasteiger partial charge in [0.1, 0.15) is 12.0 Å². The van der Waals surface area contributed by atoms with E-state index in [1.165, 1.54) is 18.4 Å². The SMILES string of the molecule is CC1(C)CCC(=O)N1Nc1ncnc2[nH]c3c(C4CC4)cccc3c12. The average Bonchev–Trinajstić information content (AvgIpc) is 3.31. The van der Waals surface area contributed by atoms with Gasteiger partial charge in [-0.2, -0.15) is 0 Å². The molecule has 0 radical (unpaired) electrons. The maximum absolute atomic E-state index is 12.3. The van der Waals surface area contributed by atoms with E-state index in [1.54, 1.807) is 11.3 Å². The van der Waals surface area contributed by atoms with Crippen LogP contribution in [0.25, 0.3) is 21.9 Å². The summed E-state index contributed by atoms with van der Waals surface area (Å²) in [5.74, 6) is 1.45. The lowest BCUT2D eigenvalue weighted by Gasteiger charge is -2.32. The highest BCUT2D eigenvalue weighted by Gasteiger charge is 2.38. The lowest BCUT2D eigenvalue weighted by atomic mass is 10.0. The van der Waals surface area contributed by atoms with E-state index in [0.717, 1.165) is 28.4 Å². The van der Waals surface area contributed by atoms with E-state index in [1.807, 2.05) is 0 Å². The highest BCUT2D eigenvalue weighted by Crippen LogP contribution is 2.44. The lowest BCUT2D eigenvalue weighted by Crippen LogP contribution is -2.45. The quantitative estimate of drug-likeness (QED) is 0.765. The van der Waals surface area contributed by atoms with Gasteiger partial charge in [-0.25, -0.2) is 15.0 Å². The lowest BCUT2D eigenvalue weighted by molar-refractivity contribution is -0.129. The van der Waals surface area contributed by atoms with Gasteiger partial charge in [0.25, 0.3) is 0 Å². The molecule has 0 atom stereocenters. The molecule has 1 aliphatic heterocycles. The zero-order valence-electron chi connectivity index (χ0n) is 14.5. The molecule has 3 heterocycles. The topological polar surface area (TPSA) is 73.9 Å². The van der Waals surface area contributed by atoms with Gasteiger partial charge >= 0.3 is 0 Å². The molecule has 0 unspecified atom stereocenters. The van der Waals surface area contributed by atoms with Crippen LogP contribution in [0.2, 0.25) is 0 Å². The Morgan fingerprint density at radius 3 is 2.84 bits per heavy atom. The van der Waals surface area contributed by atoms with E-state index in [-0.39, 0.29) is 11.4 Å². The van der Waals surface area contributed by atoms with E-state index < -0.39 is 0 Å². The minimum Gasteiger partial charge on any atom is -0.339 e. The maximum Gasteiger partial charge on any atom is 0.241 e. The van der Waals surface area contributed by atoms with Crippen molar-refractivity contribution < 1.29 is 4.79 Å². The number of para-hydroxylation sites is 1. The number of rotatable bonds is 3. The van der Waals surface area contributed by atoms with E-state index in [9.17, 15) is 4.79 Å². The molecule has 6 nitrogen and oxygen atoms in total. The number of nitrogens with zero attached hydrogens (tertiary/aromatic N) is 3. The third-order valence-electron chi connectivity index (χ3n) is 5.50. The van der Waals surface area contributed by atoms with Crippen LogP contribution in [0.1, 0.15) is 51.0 Å². The normalized spacial score (nSPS) is 19.9. The highest BCUT2D eigenvalue weighted by molar-refractivity contribution is 6.12. The summed E-state index contributed by atoms with van der Waals surface area (Å²) in [6, 6.07) is 6.40. The molecular formula is C19H21N5O. The number of anilines is 1. The second kappa shape index (κ2) is 4.94. The molecule has 6 heteroatoms. The van der Waals surface area contributed by atoms with Gasteiger partial charge in [0, 0.05) is 11.8 Å². The molecule has 2 aromatic heterocycles. The Kier molecular flexibility index (Phi) is 2.90. The Labute approximate surface area is 145 Å². The van der Waals surface area contributed by atoms with Gasteiger partial charge in [-0.3, -0.25) is 10.2 Å². The molecule has 3 aromatic rings. The first-order chi connectivity index (χ1) is 12.0. The summed E-state index contributed by atoms with van der Waals surface area (Å²) < 4.78 is 0. The molecule has 1 saturated heterocycles. The molecule has 1 saturated carbocycles. The molecule has 5 rings (SSSR count). The van der Waals surface area contributed by atoms with Crippen LogP contribution in [-0.2, 0) is 4.79 Å². The number of hydrazine groups is 1. The van der Waals surface area contributed by atoms with Gasteiger partial charge in [-0.15, -0.1) is 0 Å². The van der Waals surface area contributed by atoms with Crippen molar-refractivity contribution in [1.29, 1.82) is 0 Å². The number of fused-ring (bicyclic) bond motifs is 3. The zero-order valence-corrected chi connectivity index (χ0v) is 14.5. The Morgan fingerprint density at radius 1 is 1.28 bits per heavy atom. The van der Waals surface area contributed by atoms with Crippen LogP contribution >= 0.6 is 0 Å². The van der Waals surface area contributed by atoms with Crippen LogP contribution in [0.5, 0.6) is 0 Å². The number of aromatic nitrogens is 3. The Morgan fingerprint density at radius 2 is 2.12 bits per heavy atom. The van der Waals surface area contributed by atoms with Crippen LogP contribution in [-0.4, -0.2) is 31.4 Å². The largest absolute Gasteiger partial charge is 0.339 e. The summed E-state index contributed by atoms with van der Waals surface area (Å²) >= 11 is 0. The van der Waals surface area contributed by atoms with Crippen molar-refractivity contribution in [2.45, 2.75) is 51.0 Å². The monoisotopic (exact) mass is 335 g/mol. The fourth-order valence-corrected chi connectivity index (χ4v) is 3.88. The first kappa shape index (κ1) is 14.7. The first-order valence-electron chi connectivity index (χ1n) is 8.89. The Bertz CT molecular complexity index is 1000. The summed E-state index contributed by atoms with van der Waals surface area (Å²) in [5, 5.41) is 3.79. The minimum absolute atomic E-state index is 0.107. The second-order valence-corrected chi connectivity index (χ2v) is 7.77. The van der Waals surface area contributed by atoms with Crippen molar-refractivity contribution in [3.63, 3.8) is 0 Å². The van der Waals surface area contributed by atoms with E-state index >= 15 is 0 Å². The van der Waals surface area contributed by atoms with Gasteiger partial charge in [0.2, 0.25) is 5.91 Å². The van der Waals surface area contributed by atoms with Gasteiger partial charge < -0.3 is 4.98 Å². The molecule has 128 valence electrons. The number of hydrogen-bond donors (Lipinski definition) is 2. The Balaban J connectivity index is 1.67. The number of hydrogen-bond acceptors (Lipinski definition) is 4. The van der Waals surface area contributed by atoms with Crippen LogP contribution in [0.15, 0.2) is 24.5 Å². The third kappa shape index (κ3) is 2.20. The predicted molar refractivity (Wildman–Crippen MR) is 97.2 cm³/mol. The molecule has 0 bridgehead atoms. The van der Waals surface area contributed by atoms with Gasteiger partial charge in [0.15, 0.2) is 5.82 Å². The highest BCUT2D eigenvalue weighted by atomic mass is 16.2. The van der Waals surface area contributed by atoms with Gasteiger partial charge in [-0.05, 0) is 44.6 Å². The number of nitrogens with one attached hydrogen (secondary N) is 2. The summed E-state index contributed by atoms with van der Waals surface area (Å²) in [6.07, 6.45) is 5.45. The smallest absolute Gasteiger partial charge is 0.241 e. The van der Waals surface area contributed by atoms with E-state index in [2.05, 4.69) is 52.4 Å². The number of H-pyrrole nitrogens is 1. The zero-order chi connectivity index (χ0) is 17.2. The molecule has 1 aromatic carbocycles. The van der Waals surface area contributed by atoms with Crippen LogP contribution in [0, 0.1) is 0 Å². The fraction of sp³-hybridized carbons (Fsp3) is 0.421. The molecule has 0 spiro atoms.